The van der Waals surface area contributed by atoms with Crippen molar-refractivity contribution in [3.63, 3.8) is 0 Å². The number of carbonyl (C=O) groups excluding carboxylic acids is 3. The number of nitrogens with zero attached hydrogens (tertiary/aromatic N) is 4. The van der Waals surface area contributed by atoms with Crippen LogP contribution in [-0.4, -0.2) is 85.7 Å². The summed E-state index contributed by atoms with van der Waals surface area (Å²) in [5.74, 6) is -3.92. The number of likely N-dealkylation sites (tertiary alicyclic amines) is 1. The summed E-state index contributed by atoms with van der Waals surface area (Å²) < 4.78 is 38.9. The molecule has 1 aromatic heterocycles. The number of aliphatic carboxylic acids is 1. The van der Waals surface area contributed by atoms with E-state index in [4.69, 9.17) is 10.6 Å². The number of oxime groups is 1. The molecule has 3 amide bonds. The number of nitrogen functional groups attached to an aromatic ring is 1. The average Bonchev–Trinajstić information content (AvgIpc) is 3.76. The third kappa shape index (κ3) is 7.32. The summed E-state index contributed by atoms with van der Waals surface area (Å²) >= 11 is 2.19. The van der Waals surface area contributed by atoms with Crippen LogP contribution >= 0.6 is 23.1 Å². The highest BCUT2D eigenvalue weighted by Gasteiger charge is 2.54. The minimum atomic E-state index is -4.59. The lowest BCUT2D eigenvalue weighted by molar-refractivity contribution is -0.156. The molecule has 55 heavy (non-hydrogen) atoms. The summed E-state index contributed by atoms with van der Waals surface area (Å²) in [5, 5.41) is 18.1. The highest BCUT2D eigenvalue weighted by molar-refractivity contribution is 8.00. The van der Waals surface area contributed by atoms with Crippen LogP contribution in [0.2, 0.25) is 0 Å². The summed E-state index contributed by atoms with van der Waals surface area (Å²) in [5.41, 5.74) is 6.14. The fraction of sp³-hybridized carbons (Fsp3) is 0.211. The summed E-state index contributed by atoms with van der Waals surface area (Å²) in [7, 11) is 0. The predicted molar refractivity (Wildman–Crippen MR) is 198 cm³/mol. The number of hydrogen-bond donors (Lipinski definition) is 3. The Balaban J connectivity index is 1.20. The van der Waals surface area contributed by atoms with E-state index in [9.17, 15) is 37.5 Å². The Morgan fingerprint density at radius 1 is 0.982 bits per heavy atom. The van der Waals surface area contributed by atoms with Gasteiger partial charge in [0.05, 0.1) is 0 Å². The maximum Gasteiger partial charge on any atom is 0.406 e. The minimum Gasteiger partial charge on any atom is -0.477 e. The van der Waals surface area contributed by atoms with Gasteiger partial charge in [-0.2, -0.15) is 13.2 Å². The van der Waals surface area contributed by atoms with E-state index >= 15 is 0 Å². The standard InChI is InChI=1S/C38H31F3N6O6S2/c39-37(40,41)21-46-17-16-22(32(46)49)18-23-19-54-34-29(33(50)47(34)30(23)35(51)52)44-31(48)28(27-20-55-36(42)43-27)45-53-38(24-10-4-1-5-11-24,25-12-6-2-7-13-25)26-14-8-3-9-15-26/h1-15,18,20,29,34H,16-17,19,21H2,(H2,42,43)(H,44,48)(H,51,52)/t29-,34-/m1/s1. The molecule has 2 atom stereocenters. The number of rotatable bonds is 11. The Kier molecular flexibility index (Phi) is 10.2. The number of benzene rings is 3. The number of nitrogens with two attached hydrogens (primary N) is 1. The van der Waals surface area contributed by atoms with Gasteiger partial charge in [-0.15, -0.1) is 23.1 Å². The number of carboxylic acids is 1. The quantitative estimate of drug-likeness (QED) is 0.0630. The molecular formula is C38H31F3N6O6S2. The van der Waals surface area contributed by atoms with Crippen LogP contribution in [0.4, 0.5) is 18.3 Å². The Labute approximate surface area is 320 Å². The van der Waals surface area contributed by atoms with E-state index in [-0.39, 0.29) is 46.4 Å². The van der Waals surface area contributed by atoms with E-state index in [1.165, 1.54) is 11.5 Å². The second-order valence-corrected chi connectivity index (χ2v) is 14.7. The number of halogens is 3. The Morgan fingerprint density at radius 2 is 1.56 bits per heavy atom. The van der Waals surface area contributed by atoms with Gasteiger partial charge in [-0.05, 0) is 18.1 Å². The molecule has 0 saturated carbocycles. The molecule has 3 aliphatic rings. The number of fused-ring (bicyclic) bond motifs is 1. The topological polar surface area (TPSA) is 168 Å². The van der Waals surface area contributed by atoms with E-state index in [2.05, 4.69) is 15.5 Å². The molecule has 0 bridgehead atoms. The Morgan fingerprint density at radius 3 is 2.07 bits per heavy atom. The van der Waals surface area contributed by atoms with Crippen LogP contribution in [0.25, 0.3) is 0 Å². The van der Waals surface area contributed by atoms with Crippen LogP contribution in [0.5, 0.6) is 0 Å². The number of amides is 3. The zero-order valence-corrected chi connectivity index (χ0v) is 30.2. The van der Waals surface area contributed by atoms with E-state index in [1.807, 2.05) is 91.0 Å². The number of hydrogen-bond acceptors (Lipinski definition) is 10. The second-order valence-electron chi connectivity index (χ2n) is 12.7. The van der Waals surface area contributed by atoms with E-state index < -0.39 is 59.1 Å². The van der Waals surface area contributed by atoms with Crippen molar-refractivity contribution in [2.24, 2.45) is 5.16 Å². The highest BCUT2D eigenvalue weighted by atomic mass is 32.2. The van der Waals surface area contributed by atoms with Gasteiger partial charge in [0, 0.05) is 39.9 Å². The molecule has 12 nitrogen and oxygen atoms in total. The SMILES string of the molecule is Nc1nc(C(=NOC(c2ccccc2)(c2ccccc2)c2ccccc2)C(=O)N[C@@H]2C(=O)N3C(C(=O)O)=C(C=C4CCN(CC(F)(F)F)C4=O)CS[C@H]23)cs1. The Hall–Kier alpha value is -5.94. The summed E-state index contributed by atoms with van der Waals surface area (Å²) in [6, 6.07) is 26.7. The van der Waals surface area contributed by atoms with Gasteiger partial charge in [0.15, 0.2) is 10.8 Å². The third-order valence-corrected chi connectivity index (χ3v) is 11.2. The molecule has 17 heteroatoms. The summed E-state index contributed by atoms with van der Waals surface area (Å²) in [6.07, 6.45) is -3.36. The molecule has 4 N–H and O–H groups in total. The number of nitrogens with one attached hydrogen (secondary N) is 1. The number of aromatic nitrogens is 1. The predicted octanol–water partition coefficient (Wildman–Crippen LogP) is 4.90. The molecule has 4 aromatic rings. The van der Waals surface area contributed by atoms with Gasteiger partial charge in [-0.3, -0.25) is 19.3 Å². The summed E-state index contributed by atoms with van der Waals surface area (Å²) in [4.78, 5) is 65.4. The lowest BCUT2D eigenvalue weighted by atomic mass is 9.80. The van der Waals surface area contributed by atoms with Crippen molar-refractivity contribution in [3.05, 3.63) is 142 Å². The number of thiazole rings is 1. The first-order chi connectivity index (χ1) is 26.4. The lowest BCUT2D eigenvalue weighted by Gasteiger charge is -2.49. The Bertz CT molecular complexity index is 2130. The van der Waals surface area contributed by atoms with Crippen molar-refractivity contribution in [1.29, 1.82) is 0 Å². The highest BCUT2D eigenvalue weighted by Crippen LogP contribution is 2.43. The first-order valence-electron chi connectivity index (χ1n) is 16.8. The molecule has 3 aliphatic heterocycles. The second kappa shape index (κ2) is 15.1. The van der Waals surface area contributed by atoms with E-state index in [0.717, 1.165) is 28.0 Å². The van der Waals surface area contributed by atoms with Crippen LogP contribution in [0, 0.1) is 0 Å². The molecule has 2 fully saturated rings. The number of carboxylic acid groups (broad SMARTS) is 1. The van der Waals surface area contributed by atoms with Gasteiger partial charge in [0.2, 0.25) is 11.5 Å². The van der Waals surface area contributed by atoms with E-state index in [1.54, 1.807) is 0 Å². The maximum atomic E-state index is 14.1. The fourth-order valence-corrected chi connectivity index (χ4v) is 8.59. The minimum absolute atomic E-state index is 0.00107. The number of β-lactam (4-membered cyclic amide) rings is 1. The van der Waals surface area contributed by atoms with Crippen LogP contribution in [0.1, 0.15) is 28.8 Å². The number of allylic oxidation sites excluding steroid dienone is 1. The molecule has 3 aromatic carbocycles. The molecule has 4 heterocycles. The molecule has 282 valence electrons. The molecule has 0 radical (unpaired) electrons. The lowest BCUT2D eigenvalue weighted by Crippen LogP contribution is -2.71. The van der Waals surface area contributed by atoms with Crippen LogP contribution < -0.4 is 11.1 Å². The average molecular weight is 789 g/mol. The largest absolute Gasteiger partial charge is 0.477 e. The van der Waals surface area contributed by atoms with Crippen molar-refractivity contribution in [3.8, 4) is 0 Å². The zero-order valence-electron chi connectivity index (χ0n) is 28.6. The molecule has 0 aliphatic carbocycles. The third-order valence-electron chi connectivity index (χ3n) is 9.21. The van der Waals surface area contributed by atoms with Gasteiger partial charge in [0.25, 0.3) is 11.8 Å². The molecule has 7 rings (SSSR count). The van der Waals surface area contributed by atoms with Crippen molar-refractivity contribution < 1.29 is 42.3 Å². The number of alkyl halides is 3. The molecule has 0 unspecified atom stereocenters. The summed E-state index contributed by atoms with van der Waals surface area (Å²) in [6.45, 7) is -1.60. The number of thioether (sulfide) groups is 1. The van der Waals surface area contributed by atoms with Crippen LogP contribution in [-0.2, 0) is 29.6 Å². The van der Waals surface area contributed by atoms with E-state index in [0.29, 0.717) is 21.6 Å². The van der Waals surface area contributed by atoms with Gasteiger partial charge in [-0.25, -0.2) is 9.78 Å². The number of carbonyl (C=O) groups is 4. The van der Waals surface area contributed by atoms with Gasteiger partial charge in [-0.1, -0.05) is 96.2 Å². The maximum absolute atomic E-state index is 14.1. The van der Waals surface area contributed by atoms with Crippen molar-refractivity contribution in [2.75, 3.05) is 24.6 Å². The van der Waals surface area contributed by atoms with Crippen molar-refractivity contribution in [1.82, 2.24) is 20.1 Å². The van der Waals surface area contributed by atoms with Gasteiger partial charge >= 0.3 is 12.1 Å². The molecular weight excluding hydrogens is 758 g/mol. The molecule has 2 saturated heterocycles. The molecule has 0 spiro atoms. The zero-order chi connectivity index (χ0) is 38.9. The fourth-order valence-electron chi connectivity index (χ4n) is 6.73. The number of anilines is 1. The van der Waals surface area contributed by atoms with Crippen molar-refractivity contribution >= 4 is 57.6 Å². The van der Waals surface area contributed by atoms with Gasteiger partial charge in [0.1, 0.15) is 29.4 Å². The normalized spacial score (nSPS) is 19.7. The first kappa shape index (κ1) is 37.4. The van der Waals surface area contributed by atoms with Crippen LogP contribution in [0.15, 0.2) is 124 Å². The monoisotopic (exact) mass is 788 g/mol. The van der Waals surface area contributed by atoms with Gasteiger partial charge < -0.3 is 25.9 Å². The van der Waals surface area contributed by atoms with Crippen LogP contribution in [0.3, 0.4) is 0 Å². The first-order valence-corrected chi connectivity index (χ1v) is 18.7. The van der Waals surface area contributed by atoms with Crippen molar-refractivity contribution in [2.45, 2.75) is 29.6 Å². The smallest absolute Gasteiger partial charge is 0.406 e.